The molecule has 2 aromatic carbocycles. The molecule has 198 valence electrons. The molecule has 3 aromatic rings. The number of para-hydroxylation sites is 1. The summed E-state index contributed by atoms with van der Waals surface area (Å²) in [5, 5.41) is 3.25. The molecule has 1 aliphatic rings. The van der Waals surface area contributed by atoms with Gasteiger partial charge in [0.1, 0.15) is 29.2 Å². The third kappa shape index (κ3) is 6.89. The molecule has 8 nitrogen and oxygen atoms in total. The predicted octanol–water partition coefficient (Wildman–Crippen LogP) is 5.23. The van der Waals surface area contributed by atoms with E-state index >= 15 is 0 Å². The summed E-state index contributed by atoms with van der Waals surface area (Å²) >= 11 is 0. The highest BCUT2D eigenvalue weighted by molar-refractivity contribution is 5.84. The maximum Gasteiger partial charge on any atom is 0.408 e. The van der Waals surface area contributed by atoms with Gasteiger partial charge >= 0.3 is 6.09 Å². The zero-order chi connectivity index (χ0) is 26.4. The average molecular weight is 507 g/mol. The Morgan fingerprint density at radius 1 is 1.03 bits per heavy atom. The first-order chi connectivity index (χ1) is 17.7. The standard InChI is InChI=1S/C29H38N4O4/c1-21(30-28(35)37-29(2,3)4)26-31-23-15-12-16-24(36-20-19-32-17-10-5-6-11-18-32)25(23)27(34)33(26)22-13-8-7-9-14-22/h7-9,12-16,21H,5-6,10-11,17-20H2,1-4H3,(H,30,35)/t21-/m0/s1. The zero-order valence-corrected chi connectivity index (χ0v) is 22.3. The van der Waals surface area contributed by atoms with Crippen LogP contribution >= 0.6 is 0 Å². The number of rotatable bonds is 7. The Morgan fingerprint density at radius 2 is 1.73 bits per heavy atom. The third-order valence-corrected chi connectivity index (χ3v) is 6.38. The number of hydrogen-bond donors (Lipinski definition) is 1. The lowest BCUT2D eigenvalue weighted by Gasteiger charge is -2.24. The summed E-state index contributed by atoms with van der Waals surface area (Å²) in [5.74, 6) is 0.935. The lowest BCUT2D eigenvalue weighted by atomic mass is 10.2. The molecule has 2 heterocycles. The fourth-order valence-corrected chi connectivity index (χ4v) is 4.65. The van der Waals surface area contributed by atoms with Crippen LogP contribution in [-0.2, 0) is 4.74 Å². The summed E-state index contributed by atoms with van der Waals surface area (Å²) in [7, 11) is 0. The van der Waals surface area contributed by atoms with E-state index in [4.69, 9.17) is 14.5 Å². The third-order valence-electron chi connectivity index (χ3n) is 6.38. The van der Waals surface area contributed by atoms with Crippen LogP contribution in [0.25, 0.3) is 16.6 Å². The minimum atomic E-state index is -0.640. The molecule has 1 amide bonds. The van der Waals surface area contributed by atoms with E-state index in [9.17, 15) is 9.59 Å². The molecule has 0 aliphatic carbocycles. The van der Waals surface area contributed by atoms with E-state index < -0.39 is 17.7 Å². The fraction of sp³-hybridized carbons (Fsp3) is 0.483. The monoisotopic (exact) mass is 506 g/mol. The van der Waals surface area contributed by atoms with Gasteiger partial charge in [-0.1, -0.05) is 37.1 Å². The van der Waals surface area contributed by atoms with Crippen molar-refractivity contribution in [1.29, 1.82) is 0 Å². The predicted molar refractivity (Wildman–Crippen MR) is 146 cm³/mol. The molecule has 1 fully saturated rings. The summed E-state index contributed by atoms with van der Waals surface area (Å²) in [6.45, 7) is 10.7. The van der Waals surface area contributed by atoms with Gasteiger partial charge in [0.2, 0.25) is 0 Å². The first kappa shape index (κ1) is 26.7. The van der Waals surface area contributed by atoms with E-state index in [1.165, 1.54) is 25.7 Å². The smallest absolute Gasteiger partial charge is 0.408 e. The van der Waals surface area contributed by atoms with E-state index in [2.05, 4.69) is 10.2 Å². The van der Waals surface area contributed by atoms with Gasteiger partial charge in [0.25, 0.3) is 5.56 Å². The van der Waals surface area contributed by atoms with Gasteiger partial charge in [-0.15, -0.1) is 0 Å². The van der Waals surface area contributed by atoms with E-state index in [0.717, 1.165) is 19.6 Å². The Balaban J connectivity index is 1.68. The molecule has 37 heavy (non-hydrogen) atoms. The van der Waals surface area contributed by atoms with Crippen LogP contribution < -0.4 is 15.6 Å². The number of hydrogen-bond acceptors (Lipinski definition) is 6. The Labute approximate surface area is 218 Å². The summed E-state index contributed by atoms with van der Waals surface area (Å²) in [4.78, 5) is 33.7. The van der Waals surface area contributed by atoms with Crippen LogP contribution in [0.1, 0.15) is 65.2 Å². The molecule has 1 N–H and O–H groups in total. The van der Waals surface area contributed by atoms with E-state index in [0.29, 0.717) is 34.8 Å². The summed E-state index contributed by atoms with van der Waals surface area (Å²) < 4.78 is 13.1. The number of nitrogens with one attached hydrogen (secondary N) is 1. The minimum Gasteiger partial charge on any atom is -0.491 e. The van der Waals surface area contributed by atoms with E-state index in [1.54, 1.807) is 38.3 Å². The quantitative estimate of drug-likeness (QED) is 0.473. The zero-order valence-electron chi connectivity index (χ0n) is 22.3. The second-order valence-electron chi connectivity index (χ2n) is 10.6. The van der Waals surface area contributed by atoms with Gasteiger partial charge in [-0.2, -0.15) is 0 Å². The van der Waals surface area contributed by atoms with Crippen LogP contribution in [0.2, 0.25) is 0 Å². The van der Waals surface area contributed by atoms with Crippen LogP contribution in [0.3, 0.4) is 0 Å². The van der Waals surface area contributed by atoms with Crippen molar-refractivity contribution in [3.05, 3.63) is 64.7 Å². The van der Waals surface area contributed by atoms with Crippen LogP contribution in [0.5, 0.6) is 5.75 Å². The highest BCUT2D eigenvalue weighted by atomic mass is 16.6. The Hall–Kier alpha value is -3.39. The number of likely N-dealkylation sites (tertiary alicyclic amines) is 1. The van der Waals surface area contributed by atoms with Gasteiger partial charge in [0.15, 0.2) is 0 Å². The van der Waals surface area contributed by atoms with Crippen molar-refractivity contribution in [2.45, 2.75) is 65.0 Å². The van der Waals surface area contributed by atoms with Crippen LogP contribution in [0.4, 0.5) is 4.79 Å². The number of aromatic nitrogens is 2. The minimum absolute atomic E-state index is 0.241. The number of carbonyl (C=O) groups excluding carboxylic acids is 1. The van der Waals surface area contributed by atoms with Gasteiger partial charge in [-0.25, -0.2) is 9.78 Å². The molecule has 0 radical (unpaired) electrons. The van der Waals surface area contributed by atoms with Crippen molar-refractivity contribution < 1.29 is 14.3 Å². The first-order valence-corrected chi connectivity index (χ1v) is 13.2. The van der Waals surface area contributed by atoms with Crippen molar-refractivity contribution in [3.8, 4) is 11.4 Å². The molecule has 4 rings (SSSR count). The maximum atomic E-state index is 14.0. The topological polar surface area (TPSA) is 85.7 Å². The summed E-state index contributed by atoms with van der Waals surface area (Å²) in [6.07, 6.45) is 4.44. The lowest BCUT2D eigenvalue weighted by molar-refractivity contribution is 0.0505. The molecule has 1 atom stereocenters. The van der Waals surface area contributed by atoms with Crippen molar-refractivity contribution >= 4 is 17.0 Å². The molecule has 0 saturated carbocycles. The van der Waals surface area contributed by atoms with Crippen LogP contribution in [0, 0.1) is 0 Å². The highest BCUT2D eigenvalue weighted by Gasteiger charge is 2.24. The molecule has 1 aliphatic heterocycles. The number of amides is 1. The molecular formula is C29H38N4O4. The number of nitrogens with zero attached hydrogens (tertiary/aromatic N) is 3. The largest absolute Gasteiger partial charge is 0.491 e. The second kappa shape index (κ2) is 11.8. The molecule has 8 heteroatoms. The van der Waals surface area contributed by atoms with Gasteiger partial charge in [-0.3, -0.25) is 14.3 Å². The van der Waals surface area contributed by atoms with Crippen molar-refractivity contribution in [2.75, 3.05) is 26.2 Å². The first-order valence-electron chi connectivity index (χ1n) is 13.2. The van der Waals surface area contributed by atoms with Crippen LogP contribution in [0.15, 0.2) is 53.3 Å². The van der Waals surface area contributed by atoms with Gasteiger partial charge in [0.05, 0.1) is 17.2 Å². The van der Waals surface area contributed by atoms with Crippen LogP contribution in [-0.4, -0.2) is 52.4 Å². The number of alkyl carbamates (subject to hydrolysis) is 1. The summed E-state index contributed by atoms with van der Waals surface area (Å²) in [5.41, 5.74) is 0.306. The van der Waals surface area contributed by atoms with Gasteiger partial charge in [0, 0.05) is 6.54 Å². The highest BCUT2D eigenvalue weighted by Crippen LogP contribution is 2.25. The number of carbonyl (C=O) groups is 1. The fourth-order valence-electron chi connectivity index (χ4n) is 4.65. The van der Waals surface area contributed by atoms with Crippen molar-refractivity contribution in [2.24, 2.45) is 0 Å². The molecule has 0 unspecified atom stereocenters. The molecular weight excluding hydrogens is 468 g/mol. The number of ether oxygens (including phenoxy) is 2. The maximum absolute atomic E-state index is 14.0. The molecule has 0 spiro atoms. The second-order valence-corrected chi connectivity index (χ2v) is 10.6. The number of benzene rings is 2. The molecule has 1 saturated heterocycles. The SMILES string of the molecule is C[C@H](NC(=O)OC(C)(C)C)c1nc2cccc(OCCN3CCCCCC3)c2c(=O)n1-c1ccccc1. The molecule has 1 aromatic heterocycles. The Bertz CT molecular complexity index is 1260. The summed E-state index contributed by atoms with van der Waals surface area (Å²) in [6, 6.07) is 14.2. The van der Waals surface area contributed by atoms with E-state index in [-0.39, 0.29) is 5.56 Å². The Kier molecular flexibility index (Phi) is 8.48. The normalized spacial score (nSPS) is 15.7. The lowest BCUT2D eigenvalue weighted by Crippen LogP contribution is -2.37. The average Bonchev–Trinajstić information content (AvgIpc) is 3.12. The van der Waals surface area contributed by atoms with Gasteiger partial charge in [-0.05, 0) is 77.9 Å². The molecule has 0 bridgehead atoms. The van der Waals surface area contributed by atoms with Crippen molar-refractivity contribution in [3.63, 3.8) is 0 Å². The number of fused-ring (bicyclic) bond motifs is 1. The van der Waals surface area contributed by atoms with Gasteiger partial charge < -0.3 is 14.8 Å². The van der Waals surface area contributed by atoms with E-state index in [1.807, 2.05) is 42.5 Å². The van der Waals surface area contributed by atoms with Crippen molar-refractivity contribution in [1.82, 2.24) is 19.8 Å². The Morgan fingerprint density at radius 3 is 2.41 bits per heavy atom.